The lowest BCUT2D eigenvalue weighted by Gasteiger charge is -2.04. The van der Waals surface area contributed by atoms with Crippen LogP contribution in [0.1, 0.15) is 18.6 Å². The van der Waals surface area contributed by atoms with Crippen molar-refractivity contribution in [1.29, 1.82) is 0 Å². The number of aliphatic hydroxyl groups is 1. The number of hydrogen-bond donors (Lipinski definition) is 1. The van der Waals surface area contributed by atoms with Crippen molar-refractivity contribution in [2.45, 2.75) is 13.0 Å². The van der Waals surface area contributed by atoms with Crippen LogP contribution in [0.3, 0.4) is 0 Å². The van der Waals surface area contributed by atoms with E-state index >= 15 is 0 Å². The molecule has 1 atom stereocenters. The van der Waals surface area contributed by atoms with E-state index in [1.807, 2.05) is 0 Å². The molecule has 13 heavy (non-hydrogen) atoms. The molecule has 1 N–H and O–H groups in total. The van der Waals surface area contributed by atoms with Gasteiger partial charge in [0.25, 0.3) is 5.69 Å². The molecule has 0 saturated heterocycles. The van der Waals surface area contributed by atoms with Crippen LogP contribution in [-0.4, -0.2) is 10.0 Å². The summed E-state index contributed by atoms with van der Waals surface area (Å²) in [6.07, 6.45) is -1.05. The highest BCUT2D eigenvalue weighted by molar-refractivity contribution is 5.41. The number of rotatable bonds is 2. The molecule has 5 heteroatoms. The van der Waals surface area contributed by atoms with Crippen LogP contribution < -0.4 is 0 Å². The second-order valence-electron chi connectivity index (χ2n) is 2.64. The van der Waals surface area contributed by atoms with Crippen molar-refractivity contribution in [3.05, 3.63) is 39.7 Å². The number of nitrogens with zero attached hydrogens (tertiary/aromatic N) is 1. The Morgan fingerprint density at radius 1 is 1.62 bits per heavy atom. The van der Waals surface area contributed by atoms with E-state index in [1.165, 1.54) is 6.92 Å². The molecule has 0 fully saturated rings. The lowest BCUT2D eigenvalue weighted by Crippen LogP contribution is -1.99. The quantitative estimate of drug-likeness (QED) is 0.564. The van der Waals surface area contributed by atoms with Crippen LogP contribution in [0.5, 0.6) is 0 Å². The number of hydrogen-bond acceptors (Lipinski definition) is 3. The second kappa shape index (κ2) is 3.49. The molecule has 0 spiro atoms. The topological polar surface area (TPSA) is 63.4 Å². The molecule has 0 bridgehead atoms. The highest BCUT2D eigenvalue weighted by Crippen LogP contribution is 2.25. The van der Waals surface area contributed by atoms with Crippen molar-refractivity contribution >= 4 is 5.69 Å². The van der Waals surface area contributed by atoms with Crippen molar-refractivity contribution in [1.82, 2.24) is 0 Å². The van der Waals surface area contributed by atoms with Gasteiger partial charge in [-0.2, -0.15) is 0 Å². The number of nitro groups is 1. The average Bonchev–Trinajstić information content (AvgIpc) is 2.03. The molecule has 0 aliphatic rings. The standard InChI is InChI=1S/C8H8FNO3/c1-5(11)7-4-6(9)2-3-8(7)10(12)13/h2-5,11H,1H3/t5-/m0/s1. The minimum absolute atomic E-state index is 0.00926. The van der Waals surface area contributed by atoms with Crippen LogP contribution in [0, 0.1) is 15.9 Å². The molecule has 0 heterocycles. The van der Waals surface area contributed by atoms with Gasteiger partial charge in [-0.25, -0.2) is 4.39 Å². The van der Waals surface area contributed by atoms with Gasteiger partial charge in [0.05, 0.1) is 16.6 Å². The van der Waals surface area contributed by atoms with Gasteiger partial charge >= 0.3 is 0 Å². The van der Waals surface area contributed by atoms with E-state index < -0.39 is 16.8 Å². The van der Waals surface area contributed by atoms with Gasteiger partial charge in [-0.15, -0.1) is 0 Å². The normalized spacial score (nSPS) is 12.5. The zero-order valence-corrected chi connectivity index (χ0v) is 6.90. The first kappa shape index (κ1) is 9.60. The highest BCUT2D eigenvalue weighted by Gasteiger charge is 2.17. The van der Waals surface area contributed by atoms with Crippen LogP contribution in [0.2, 0.25) is 0 Å². The first-order valence-corrected chi connectivity index (χ1v) is 3.64. The molecule has 0 amide bonds. The fraction of sp³-hybridized carbons (Fsp3) is 0.250. The van der Waals surface area contributed by atoms with Crippen LogP contribution in [0.15, 0.2) is 18.2 Å². The summed E-state index contributed by atoms with van der Waals surface area (Å²) in [5.41, 5.74) is -0.276. The van der Waals surface area contributed by atoms with Gasteiger partial charge in [-0.3, -0.25) is 10.1 Å². The Bertz CT molecular complexity index is 338. The SMILES string of the molecule is C[C@H](O)c1cc(F)ccc1[N+](=O)[O-]. The van der Waals surface area contributed by atoms with Crippen molar-refractivity contribution in [2.75, 3.05) is 0 Å². The molecule has 0 aliphatic carbocycles. The first-order valence-electron chi connectivity index (χ1n) is 3.64. The van der Waals surface area contributed by atoms with Gasteiger partial charge in [-0.05, 0) is 19.1 Å². The second-order valence-corrected chi connectivity index (χ2v) is 2.64. The predicted molar refractivity (Wildman–Crippen MR) is 43.7 cm³/mol. The number of aliphatic hydroxyl groups excluding tert-OH is 1. The summed E-state index contributed by atoms with van der Waals surface area (Å²) in [5.74, 6) is -0.596. The number of benzene rings is 1. The van der Waals surface area contributed by atoms with Gasteiger partial charge in [0.2, 0.25) is 0 Å². The lowest BCUT2D eigenvalue weighted by atomic mass is 10.1. The van der Waals surface area contributed by atoms with E-state index in [-0.39, 0.29) is 11.3 Å². The monoisotopic (exact) mass is 185 g/mol. The van der Waals surface area contributed by atoms with Crippen molar-refractivity contribution in [3.8, 4) is 0 Å². The maximum Gasteiger partial charge on any atom is 0.275 e. The maximum atomic E-state index is 12.6. The van der Waals surface area contributed by atoms with Gasteiger partial charge in [-0.1, -0.05) is 0 Å². The van der Waals surface area contributed by atoms with Gasteiger partial charge in [0, 0.05) is 6.07 Å². The average molecular weight is 185 g/mol. The van der Waals surface area contributed by atoms with Crippen molar-refractivity contribution in [3.63, 3.8) is 0 Å². The molecule has 1 rings (SSSR count). The minimum Gasteiger partial charge on any atom is -0.388 e. The molecule has 1 aromatic rings. The third-order valence-electron chi connectivity index (χ3n) is 1.64. The summed E-state index contributed by atoms with van der Waals surface area (Å²) in [6, 6.07) is 2.99. The zero-order chi connectivity index (χ0) is 10.0. The maximum absolute atomic E-state index is 12.6. The third kappa shape index (κ3) is 2.00. The van der Waals surface area contributed by atoms with Crippen LogP contribution in [-0.2, 0) is 0 Å². The number of halogens is 1. The summed E-state index contributed by atoms with van der Waals surface area (Å²) in [7, 11) is 0. The van der Waals surface area contributed by atoms with Gasteiger partial charge in [0.15, 0.2) is 0 Å². The van der Waals surface area contributed by atoms with Crippen LogP contribution in [0.4, 0.5) is 10.1 Å². The first-order chi connectivity index (χ1) is 6.02. The van der Waals surface area contributed by atoms with E-state index in [0.717, 1.165) is 18.2 Å². The van der Waals surface area contributed by atoms with Crippen LogP contribution in [0.25, 0.3) is 0 Å². The Balaban J connectivity index is 3.26. The fourth-order valence-corrected chi connectivity index (χ4v) is 1.03. The van der Waals surface area contributed by atoms with Crippen molar-refractivity contribution in [2.24, 2.45) is 0 Å². The molecule has 4 nitrogen and oxygen atoms in total. The van der Waals surface area contributed by atoms with E-state index in [2.05, 4.69) is 0 Å². The lowest BCUT2D eigenvalue weighted by molar-refractivity contribution is -0.386. The summed E-state index contributed by atoms with van der Waals surface area (Å²) in [5, 5.41) is 19.5. The Morgan fingerprint density at radius 2 is 2.23 bits per heavy atom. The molecule has 1 aromatic carbocycles. The van der Waals surface area contributed by atoms with Crippen LogP contribution >= 0.6 is 0 Å². The van der Waals surface area contributed by atoms with Crippen molar-refractivity contribution < 1.29 is 14.4 Å². The Labute approximate surface area is 73.8 Å². The van der Waals surface area contributed by atoms with E-state index in [9.17, 15) is 14.5 Å². The highest BCUT2D eigenvalue weighted by atomic mass is 19.1. The third-order valence-corrected chi connectivity index (χ3v) is 1.64. The number of nitro benzene ring substituents is 1. The Morgan fingerprint density at radius 3 is 2.69 bits per heavy atom. The van der Waals surface area contributed by atoms with E-state index in [0.29, 0.717) is 0 Å². The van der Waals surface area contributed by atoms with E-state index in [1.54, 1.807) is 0 Å². The Kier molecular flexibility index (Phi) is 2.57. The molecule has 0 aromatic heterocycles. The summed E-state index contributed by atoms with van der Waals surface area (Å²) < 4.78 is 12.6. The summed E-state index contributed by atoms with van der Waals surface area (Å²) in [6.45, 7) is 1.35. The van der Waals surface area contributed by atoms with Gasteiger partial charge < -0.3 is 5.11 Å². The molecule has 0 saturated carbocycles. The largest absolute Gasteiger partial charge is 0.388 e. The van der Waals surface area contributed by atoms with Gasteiger partial charge in [0.1, 0.15) is 5.82 Å². The molecular weight excluding hydrogens is 177 g/mol. The summed E-state index contributed by atoms with van der Waals surface area (Å²) in [4.78, 5) is 9.76. The minimum atomic E-state index is -1.05. The predicted octanol–water partition coefficient (Wildman–Crippen LogP) is 1.79. The van der Waals surface area contributed by atoms with E-state index in [4.69, 9.17) is 5.11 Å². The zero-order valence-electron chi connectivity index (χ0n) is 6.90. The summed E-state index contributed by atoms with van der Waals surface area (Å²) >= 11 is 0. The molecule has 0 aliphatic heterocycles. The smallest absolute Gasteiger partial charge is 0.275 e. The fourth-order valence-electron chi connectivity index (χ4n) is 1.03. The molecule has 70 valence electrons. The molecule has 0 unspecified atom stereocenters. The molecular formula is C8H8FNO3. The molecule has 0 radical (unpaired) electrons. The Hall–Kier alpha value is -1.49.